The second kappa shape index (κ2) is 19.6. The average Bonchev–Trinajstić information content (AvgIpc) is 2.53. The van der Waals surface area contributed by atoms with Gasteiger partial charge in [-0.1, -0.05) is 90.9 Å². The maximum absolute atomic E-state index is 6.18. The lowest BCUT2D eigenvalue weighted by Crippen LogP contribution is -2.68. The standard InChI is InChI=1S/C12H26ClN.C10H21/c1-4-5-6-7-8-9-10-11(14)12(2,3)13;1-3-5-7-9-10-8-6-4-2/h11H,4-10,14H2,1-3H3;1,3-10H2,2H3/q;-1/p+1. The maximum Gasteiger partial charge on any atom is 0.103 e. The van der Waals surface area contributed by atoms with Crippen molar-refractivity contribution in [3.8, 4) is 0 Å². The monoisotopic (exact) mass is 361 g/mol. The van der Waals surface area contributed by atoms with Crippen LogP contribution in [0, 0.1) is 6.92 Å². The zero-order valence-corrected chi connectivity index (χ0v) is 18.2. The first-order valence-electron chi connectivity index (χ1n) is 10.7. The van der Waals surface area contributed by atoms with E-state index in [2.05, 4.69) is 40.4 Å². The Balaban J connectivity index is 0. The third-order valence-corrected chi connectivity index (χ3v) is 5.04. The zero-order valence-electron chi connectivity index (χ0n) is 17.5. The number of quaternary nitrogens is 1. The summed E-state index contributed by atoms with van der Waals surface area (Å²) in [5, 5.41) is 0. The first kappa shape index (κ1) is 26.5. The summed E-state index contributed by atoms with van der Waals surface area (Å²) in [7, 11) is 0. The van der Waals surface area contributed by atoms with Crippen LogP contribution in [0.4, 0.5) is 0 Å². The molecule has 0 aromatic carbocycles. The first-order chi connectivity index (χ1) is 11.4. The molecular weight excluding hydrogens is 314 g/mol. The highest BCUT2D eigenvalue weighted by Gasteiger charge is 2.25. The number of alkyl halides is 1. The molecule has 0 radical (unpaired) electrons. The predicted molar refractivity (Wildman–Crippen MR) is 113 cm³/mol. The molecule has 0 aliphatic rings. The third-order valence-electron chi connectivity index (χ3n) is 4.73. The average molecular weight is 362 g/mol. The van der Waals surface area contributed by atoms with Gasteiger partial charge in [0, 0.05) is 6.42 Å². The molecule has 3 N–H and O–H groups in total. The zero-order chi connectivity index (χ0) is 18.7. The lowest BCUT2D eigenvalue weighted by molar-refractivity contribution is -0.428. The van der Waals surface area contributed by atoms with Crippen LogP contribution in [-0.4, -0.2) is 10.9 Å². The summed E-state index contributed by atoms with van der Waals surface area (Å²) in [5.41, 5.74) is 4.11. The Labute approximate surface area is 159 Å². The van der Waals surface area contributed by atoms with Gasteiger partial charge in [-0.2, -0.15) is 6.42 Å². The highest BCUT2D eigenvalue weighted by atomic mass is 35.5. The summed E-state index contributed by atoms with van der Waals surface area (Å²) < 4.78 is 0. The summed E-state index contributed by atoms with van der Waals surface area (Å²) in [5.74, 6) is 0. The highest BCUT2D eigenvalue weighted by molar-refractivity contribution is 6.23. The van der Waals surface area contributed by atoms with E-state index in [-0.39, 0.29) is 4.87 Å². The Morgan fingerprint density at radius 2 is 1.12 bits per heavy atom. The fourth-order valence-corrected chi connectivity index (χ4v) is 2.76. The minimum atomic E-state index is -0.135. The molecule has 2 heteroatoms. The van der Waals surface area contributed by atoms with Gasteiger partial charge in [0.2, 0.25) is 0 Å². The predicted octanol–water partition coefficient (Wildman–Crippen LogP) is 7.33. The van der Waals surface area contributed by atoms with Crippen molar-refractivity contribution in [1.82, 2.24) is 0 Å². The molecule has 148 valence electrons. The lowest BCUT2D eigenvalue weighted by atomic mass is 9.97. The van der Waals surface area contributed by atoms with E-state index in [1.54, 1.807) is 0 Å². The van der Waals surface area contributed by atoms with Crippen LogP contribution >= 0.6 is 11.6 Å². The second-order valence-electron chi connectivity index (χ2n) is 7.79. The van der Waals surface area contributed by atoms with Gasteiger partial charge in [0.1, 0.15) is 6.04 Å². The summed E-state index contributed by atoms with van der Waals surface area (Å²) >= 11 is 6.18. The maximum atomic E-state index is 6.18. The molecule has 0 bridgehead atoms. The molecule has 0 aromatic rings. The van der Waals surface area contributed by atoms with Gasteiger partial charge in [-0.15, -0.1) is 11.6 Å². The summed E-state index contributed by atoms with van der Waals surface area (Å²) in [6, 6.07) is 0.385. The minimum Gasteiger partial charge on any atom is -0.354 e. The molecule has 0 aromatic heterocycles. The smallest absolute Gasteiger partial charge is 0.103 e. The van der Waals surface area contributed by atoms with Crippen molar-refractivity contribution in [3.63, 3.8) is 0 Å². The number of rotatable bonds is 15. The van der Waals surface area contributed by atoms with Crippen molar-refractivity contribution in [3.05, 3.63) is 6.92 Å². The van der Waals surface area contributed by atoms with Crippen LogP contribution in [0.2, 0.25) is 0 Å². The minimum absolute atomic E-state index is 0.135. The summed E-state index contributed by atoms with van der Waals surface area (Å²) in [6.45, 7) is 12.4. The Bertz CT molecular complexity index is 215. The summed E-state index contributed by atoms with van der Waals surface area (Å²) in [6.07, 6.45) is 20.2. The van der Waals surface area contributed by atoms with Gasteiger partial charge >= 0.3 is 0 Å². The third kappa shape index (κ3) is 22.2. The Morgan fingerprint density at radius 3 is 1.50 bits per heavy atom. The van der Waals surface area contributed by atoms with Crippen LogP contribution in [0.5, 0.6) is 0 Å². The van der Waals surface area contributed by atoms with Crippen LogP contribution in [0.1, 0.15) is 124 Å². The van der Waals surface area contributed by atoms with Gasteiger partial charge in [-0.05, 0) is 20.3 Å². The van der Waals surface area contributed by atoms with Crippen molar-refractivity contribution >= 4 is 11.6 Å². The van der Waals surface area contributed by atoms with Gasteiger partial charge in [-0.25, -0.2) is 0 Å². The molecule has 24 heavy (non-hydrogen) atoms. The van der Waals surface area contributed by atoms with Gasteiger partial charge in [-0.3, -0.25) is 0 Å². The fourth-order valence-electron chi connectivity index (χ4n) is 2.65. The SMILES string of the molecule is CCCCCCCCC([NH3+])C(C)(C)Cl.[CH2-]CCCCCCCCC. The number of hydrogen-bond acceptors (Lipinski definition) is 0. The molecule has 0 saturated carbocycles. The molecule has 1 nitrogen and oxygen atoms in total. The number of unbranched alkanes of at least 4 members (excludes halogenated alkanes) is 12. The Kier molecular flexibility index (Phi) is 21.6. The molecule has 0 fully saturated rings. The fraction of sp³-hybridized carbons (Fsp3) is 0.955. The molecule has 0 heterocycles. The van der Waals surface area contributed by atoms with Crippen molar-refractivity contribution in [2.45, 2.75) is 135 Å². The molecule has 0 aliphatic heterocycles. The molecule has 0 spiro atoms. The van der Waals surface area contributed by atoms with E-state index in [0.29, 0.717) is 6.04 Å². The molecule has 1 atom stereocenters. The van der Waals surface area contributed by atoms with Crippen LogP contribution in [0.25, 0.3) is 0 Å². The molecule has 0 rings (SSSR count). The van der Waals surface area contributed by atoms with E-state index < -0.39 is 0 Å². The largest absolute Gasteiger partial charge is 0.354 e. The van der Waals surface area contributed by atoms with Crippen LogP contribution < -0.4 is 5.73 Å². The Morgan fingerprint density at radius 1 is 0.750 bits per heavy atom. The van der Waals surface area contributed by atoms with Crippen molar-refractivity contribution < 1.29 is 5.73 Å². The van der Waals surface area contributed by atoms with E-state index in [1.807, 2.05) is 0 Å². The van der Waals surface area contributed by atoms with Crippen LogP contribution in [0.15, 0.2) is 0 Å². The van der Waals surface area contributed by atoms with Crippen molar-refractivity contribution in [1.29, 1.82) is 0 Å². The number of halogens is 1. The molecule has 1 unspecified atom stereocenters. The lowest BCUT2D eigenvalue weighted by Gasteiger charge is -2.20. The molecule has 0 amide bonds. The molecule has 0 saturated heterocycles. The van der Waals surface area contributed by atoms with Crippen LogP contribution in [-0.2, 0) is 0 Å². The second-order valence-corrected chi connectivity index (χ2v) is 8.77. The van der Waals surface area contributed by atoms with Gasteiger partial charge < -0.3 is 12.7 Å². The van der Waals surface area contributed by atoms with E-state index in [9.17, 15) is 0 Å². The Hall–Kier alpha value is 0.250. The van der Waals surface area contributed by atoms with Gasteiger partial charge in [0.15, 0.2) is 0 Å². The summed E-state index contributed by atoms with van der Waals surface area (Å²) in [4.78, 5) is -0.135. The van der Waals surface area contributed by atoms with Crippen molar-refractivity contribution in [2.24, 2.45) is 0 Å². The number of hydrogen-bond donors (Lipinski definition) is 1. The van der Waals surface area contributed by atoms with E-state index in [0.717, 1.165) is 6.42 Å². The highest BCUT2D eigenvalue weighted by Crippen LogP contribution is 2.19. The van der Waals surface area contributed by atoms with E-state index in [4.69, 9.17) is 11.6 Å². The quantitative estimate of drug-likeness (QED) is 0.179. The molecule has 0 aliphatic carbocycles. The topological polar surface area (TPSA) is 27.6 Å². The van der Waals surface area contributed by atoms with Crippen molar-refractivity contribution in [2.75, 3.05) is 0 Å². The molecular formula is C22H48ClN. The van der Waals surface area contributed by atoms with Gasteiger partial charge in [0.05, 0.1) is 4.87 Å². The first-order valence-corrected chi connectivity index (χ1v) is 11.1. The van der Waals surface area contributed by atoms with Gasteiger partial charge in [0.25, 0.3) is 0 Å². The van der Waals surface area contributed by atoms with E-state index >= 15 is 0 Å². The normalized spacial score (nSPS) is 12.6. The van der Waals surface area contributed by atoms with Crippen LogP contribution in [0.3, 0.4) is 0 Å². The van der Waals surface area contributed by atoms with E-state index in [1.165, 1.54) is 89.9 Å².